The fourth-order valence-corrected chi connectivity index (χ4v) is 4.30. The van der Waals surface area contributed by atoms with Gasteiger partial charge in [-0.25, -0.2) is 0 Å². The SMILES string of the molecule is Cc1ccc(-c2cc(C(=O)N[C@H](C)c3ccc(C(F)(F)F)nc3)cc(C3=NOC(c4ccccn4)C3)c2)cc1. The predicted molar refractivity (Wildman–Crippen MR) is 141 cm³/mol. The number of carbonyl (C=O) groups is 1. The second kappa shape index (κ2) is 10.7. The number of hydrogen-bond donors (Lipinski definition) is 1. The Bertz CT molecular complexity index is 1500. The van der Waals surface area contributed by atoms with Gasteiger partial charge in [0.05, 0.1) is 17.4 Å². The number of aryl methyl sites for hydroxylation is 1. The van der Waals surface area contributed by atoms with E-state index in [1.807, 2.05) is 55.5 Å². The fourth-order valence-electron chi connectivity index (χ4n) is 4.30. The summed E-state index contributed by atoms with van der Waals surface area (Å²) < 4.78 is 38.7. The molecule has 1 amide bonds. The van der Waals surface area contributed by atoms with Gasteiger partial charge in [-0.15, -0.1) is 0 Å². The van der Waals surface area contributed by atoms with E-state index in [0.717, 1.165) is 40.2 Å². The standard InChI is InChI=1S/C30H25F3N4O2/c1-18-6-8-20(9-7-18)22-13-23(26-16-27(39-37-26)25-5-3-4-12-34-25)15-24(14-22)29(38)36-19(2)21-10-11-28(35-17-21)30(31,32)33/h3-15,17,19,27H,16H2,1-2H3,(H,36,38)/t19-,27?/m1/s1. The van der Waals surface area contributed by atoms with Crippen molar-refractivity contribution >= 4 is 11.6 Å². The molecule has 6 nitrogen and oxygen atoms in total. The van der Waals surface area contributed by atoms with E-state index < -0.39 is 17.9 Å². The molecule has 1 unspecified atom stereocenters. The summed E-state index contributed by atoms with van der Waals surface area (Å²) in [7, 11) is 0. The van der Waals surface area contributed by atoms with Gasteiger partial charge in [-0.2, -0.15) is 13.2 Å². The zero-order chi connectivity index (χ0) is 27.6. The highest BCUT2D eigenvalue weighted by atomic mass is 19.4. The van der Waals surface area contributed by atoms with E-state index in [2.05, 4.69) is 20.4 Å². The highest BCUT2D eigenvalue weighted by molar-refractivity contribution is 6.05. The smallest absolute Gasteiger partial charge is 0.385 e. The molecule has 39 heavy (non-hydrogen) atoms. The number of nitrogens with zero attached hydrogens (tertiary/aromatic N) is 3. The van der Waals surface area contributed by atoms with Gasteiger partial charge in [-0.05, 0) is 66.9 Å². The van der Waals surface area contributed by atoms with Crippen molar-refractivity contribution in [3.05, 3.63) is 119 Å². The number of halogens is 3. The molecule has 9 heteroatoms. The quantitative estimate of drug-likeness (QED) is 0.297. The summed E-state index contributed by atoms with van der Waals surface area (Å²) in [5, 5.41) is 7.16. The third-order valence-corrected chi connectivity index (χ3v) is 6.52. The van der Waals surface area contributed by atoms with Crippen LogP contribution in [-0.2, 0) is 11.0 Å². The first-order chi connectivity index (χ1) is 18.7. The summed E-state index contributed by atoms with van der Waals surface area (Å²) in [4.78, 5) is 26.9. The molecular formula is C30H25F3N4O2. The largest absolute Gasteiger partial charge is 0.433 e. The third kappa shape index (κ3) is 5.98. The highest BCUT2D eigenvalue weighted by Gasteiger charge is 2.32. The maximum Gasteiger partial charge on any atom is 0.433 e. The molecule has 0 bridgehead atoms. The molecule has 1 aliphatic rings. The normalized spacial score (nSPS) is 15.8. The van der Waals surface area contributed by atoms with Crippen LogP contribution in [-0.4, -0.2) is 21.6 Å². The number of alkyl halides is 3. The van der Waals surface area contributed by atoms with Crippen molar-refractivity contribution in [2.75, 3.05) is 0 Å². The molecule has 1 N–H and O–H groups in total. The van der Waals surface area contributed by atoms with Crippen molar-refractivity contribution in [3.8, 4) is 11.1 Å². The maximum atomic E-state index is 13.4. The van der Waals surface area contributed by atoms with E-state index in [1.54, 1.807) is 25.3 Å². The first-order valence-electron chi connectivity index (χ1n) is 12.4. The van der Waals surface area contributed by atoms with E-state index in [4.69, 9.17) is 4.84 Å². The van der Waals surface area contributed by atoms with Gasteiger partial charge >= 0.3 is 6.18 Å². The van der Waals surface area contributed by atoms with Crippen LogP contribution in [0.25, 0.3) is 11.1 Å². The van der Waals surface area contributed by atoms with Crippen LogP contribution >= 0.6 is 0 Å². The van der Waals surface area contributed by atoms with Crippen LogP contribution in [0.15, 0.2) is 90.3 Å². The van der Waals surface area contributed by atoms with E-state index in [1.165, 1.54) is 6.07 Å². The van der Waals surface area contributed by atoms with Gasteiger partial charge in [-0.3, -0.25) is 14.8 Å². The molecule has 0 radical (unpaired) electrons. The Morgan fingerprint density at radius 1 is 0.974 bits per heavy atom. The summed E-state index contributed by atoms with van der Waals surface area (Å²) in [5.41, 5.74) is 4.92. The van der Waals surface area contributed by atoms with Crippen LogP contribution in [0.1, 0.15) is 63.9 Å². The average molecular weight is 531 g/mol. The summed E-state index contributed by atoms with van der Waals surface area (Å²) in [6, 6.07) is 20.7. The molecule has 5 rings (SSSR count). The van der Waals surface area contributed by atoms with Crippen molar-refractivity contribution in [2.24, 2.45) is 5.16 Å². The van der Waals surface area contributed by atoms with Gasteiger partial charge < -0.3 is 10.2 Å². The van der Waals surface area contributed by atoms with Crippen LogP contribution in [0.4, 0.5) is 13.2 Å². The molecule has 198 valence electrons. The number of aromatic nitrogens is 2. The predicted octanol–water partition coefficient (Wildman–Crippen LogP) is 6.83. The molecular weight excluding hydrogens is 505 g/mol. The maximum absolute atomic E-state index is 13.4. The minimum atomic E-state index is -4.53. The van der Waals surface area contributed by atoms with E-state index in [-0.39, 0.29) is 12.0 Å². The highest BCUT2D eigenvalue weighted by Crippen LogP contribution is 2.31. The van der Waals surface area contributed by atoms with Crippen LogP contribution < -0.4 is 5.32 Å². The molecule has 0 saturated heterocycles. The van der Waals surface area contributed by atoms with E-state index >= 15 is 0 Å². The topological polar surface area (TPSA) is 76.5 Å². The second-order valence-electron chi connectivity index (χ2n) is 9.43. The number of benzene rings is 2. The number of carbonyl (C=O) groups excluding carboxylic acids is 1. The Balaban J connectivity index is 1.42. The molecule has 4 aromatic rings. The first-order valence-corrected chi connectivity index (χ1v) is 12.4. The minimum Gasteiger partial charge on any atom is -0.385 e. The van der Waals surface area contributed by atoms with Gasteiger partial charge in [-0.1, -0.05) is 47.1 Å². The minimum absolute atomic E-state index is 0.325. The summed E-state index contributed by atoms with van der Waals surface area (Å²) >= 11 is 0. The van der Waals surface area contributed by atoms with Crippen LogP contribution in [0.3, 0.4) is 0 Å². The lowest BCUT2D eigenvalue weighted by Gasteiger charge is -2.16. The van der Waals surface area contributed by atoms with E-state index in [0.29, 0.717) is 23.3 Å². The average Bonchev–Trinajstić information content (AvgIpc) is 3.44. The number of oxime groups is 1. The van der Waals surface area contributed by atoms with Gasteiger partial charge in [0.2, 0.25) is 0 Å². The van der Waals surface area contributed by atoms with Crippen LogP contribution in [0.5, 0.6) is 0 Å². The Labute approximate surface area is 223 Å². The van der Waals surface area contributed by atoms with Crippen molar-refractivity contribution in [1.29, 1.82) is 0 Å². The van der Waals surface area contributed by atoms with Crippen LogP contribution in [0.2, 0.25) is 0 Å². The van der Waals surface area contributed by atoms with Gasteiger partial charge in [0, 0.05) is 29.9 Å². The lowest BCUT2D eigenvalue weighted by molar-refractivity contribution is -0.141. The van der Waals surface area contributed by atoms with E-state index in [9.17, 15) is 18.0 Å². The number of hydrogen-bond acceptors (Lipinski definition) is 5. The Hall–Kier alpha value is -4.53. The van der Waals surface area contributed by atoms with Gasteiger partial charge in [0.25, 0.3) is 5.91 Å². The van der Waals surface area contributed by atoms with Gasteiger partial charge in [0.15, 0.2) is 6.10 Å². The number of rotatable bonds is 6. The number of pyridine rings is 2. The lowest BCUT2D eigenvalue weighted by Crippen LogP contribution is -2.27. The van der Waals surface area contributed by atoms with Gasteiger partial charge in [0.1, 0.15) is 5.69 Å². The summed E-state index contributed by atoms with van der Waals surface area (Å²) in [6.45, 7) is 3.69. The zero-order valence-corrected chi connectivity index (χ0v) is 21.2. The molecule has 3 heterocycles. The monoisotopic (exact) mass is 530 g/mol. The van der Waals surface area contributed by atoms with Crippen LogP contribution in [0, 0.1) is 6.92 Å². The van der Waals surface area contributed by atoms with Crippen molar-refractivity contribution in [2.45, 2.75) is 38.6 Å². The second-order valence-corrected chi connectivity index (χ2v) is 9.43. The molecule has 2 aromatic heterocycles. The molecule has 0 saturated carbocycles. The summed E-state index contributed by atoms with van der Waals surface area (Å²) in [6.07, 6.45) is -1.54. The van der Waals surface area contributed by atoms with Crippen molar-refractivity contribution in [3.63, 3.8) is 0 Å². The molecule has 0 aliphatic carbocycles. The van der Waals surface area contributed by atoms with Crippen molar-refractivity contribution in [1.82, 2.24) is 15.3 Å². The Morgan fingerprint density at radius 2 is 1.74 bits per heavy atom. The lowest BCUT2D eigenvalue weighted by atomic mass is 9.94. The Morgan fingerprint density at radius 3 is 2.41 bits per heavy atom. The molecule has 0 spiro atoms. The zero-order valence-electron chi connectivity index (χ0n) is 21.2. The molecule has 0 fully saturated rings. The first kappa shape index (κ1) is 26.1. The number of amides is 1. The Kier molecular flexibility index (Phi) is 7.15. The molecule has 2 aromatic carbocycles. The number of nitrogens with one attached hydrogen (secondary N) is 1. The fraction of sp³-hybridized carbons (Fsp3) is 0.200. The molecule has 1 aliphatic heterocycles. The van der Waals surface area contributed by atoms with Crippen molar-refractivity contribution < 1.29 is 22.8 Å². The summed E-state index contributed by atoms with van der Waals surface area (Å²) in [5.74, 6) is -0.376. The third-order valence-electron chi connectivity index (χ3n) is 6.52. The molecule has 2 atom stereocenters.